The van der Waals surface area contributed by atoms with Gasteiger partial charge in [-0.05, 0) is 32.2 Å². The number of imidazole rings is 1. The van der Waals surface area contributed by atoms with E-state index in [9.17, 15) is 13.2 Å². The number of aromatic amines is 1. The van der Waals surface area contributed by atoms with Crippen molar-refractivity contribution in [1.82, 2.24) is 15.3 Å². The summed E-state index contributed by atoms with van der Waals surface area (Å²) < 4.78 is 37.5. The zero-order chi connectivity index (χ0) is 12.6. The fraction of sp³-hybridized carbons (Fsp3) is 0.364. The molecule has 1 aromatic carbocycles. The Hall–Kier alpha value is -1.56. The molecule has 2 rings (SSSR count). The summed E-state index contributed by atoms with van der Waals surface area (Å²) in [5.41, 5.74) is 0.268. The van der Waals surface area contributed by atoms with E-state index in [4.69, 9.17) is 0 Å². The molecule has 6 heteroatoms. The van der Waals surface area contributed by atoms with Crippen molar-refractivity contribution in [3.63, 3.8) is 0 Å². The molecular formula is C11H12F3N3. The quantitative estimate of drug-likeness (QED) is 0.851. The molecule has 0 aliphatic rings. The van der Waals surface area contributed by atoms with Crippen LogP contribution < -0.4 is 5.32 Å². The molecule has 0 fully saturated rings. The zero-order valence-electron chi connectivity index (χ0n) is 9.39. The third-order valence-electron chi connectivity index (χ3n) is 2.67. The second-order valence-corrected chi connectivity index (χ2v) is 3.86. The van der Waals surface area contributed by atoms with Crippen LogP contribution in [-0.4, -0.2) is 17.0 Å². The summed E-state index contributed by atoms with van der Waals surface area (Å²) in [6.07, 6.45) is -4.33. The van der Waals surface area contributed by atoms with Gasteiger partial charge in [-0.25, -0.2) is 4.98 Å². The van der Waals surface area contributed by atoms with E-state index in [2.05, 4.69) is 15.3 Å². The Bertz CT molecular complexity index is 530. The summed E-state index contributed by atoms with van der Waals surface area (Å²) >= 11 is 0. The molecule has 0 amide bonds. The first-order valence-corrected chi connectivity index (χ1v) is 5.16. The summed E-state index contributed by atoms with van der Waals surface area (Å²) in [4.78, 5) is 7.11. The number of H-pyrrole nitrogens is 1. The van der Waals surface area contributed by atoms with Crippen LogP contribution in [0.25, 0.3) is 11.0 Å². The number of hydrogen-bond acceptors (Lipinski definition) is 2. The smallest absolute Gasteiger partial charge is 0.341 e. The van der Waals surface area contributed by atoms with Crippen molar-refractivity contribution in [2.75, 3.05) is 7.05 Å². The van der Waals surface area contributed by atoms with Crippen LogP contribution in [0.5, 0.6) is 0 Å². The monoisotopic (exact) mass is 243 g/mol. The van der Waals surface area contributed by atoms with Crippen LogP contribution in [0, 0.1) is 0 Å². The molecule has 3 nitrogen and oxygen atoms in total. The lowest BCUT2D eigenvalue weighted by atomic mass is 10.2. The number of aromatic nitrogens is 2. The van der Waals surface area contributed by atoms with E-state index in [0.717, 1.165) is 12.1 Å². The highest BCUT2D eigenvalue weighted by Gasteiger charge is 2.30. The van der Waals surface area contributed by atoms with E-state index in [1.165, 1.54) is 6.07 Å². The molecule has 0 spiro atoms. The SMILES string of the molecule is CNC(C)c1nc2ccc(C(F)(F)F)cc2[nH]1. The molecule has 0 aliphatic carbocycles. The molecule has 0 radical (unpaired) electrons. The minimum atomic E-state index is -4.33. The highest BCUT2D eigenvalue weighted by molar-refractivity contribution is 5.76. The molecule has 1 aromatic heterocycles. The Morgan fingerprint density at radius 3 is 2.65 bits per heavy atom. The first-order chi connectivity index (χ1) is 7.91. The Labute approximate surface area is 96.0 Å². The largest absolute Gasteiger partial charge is 0.416 e. The normalized spacial score (nSPS) is 14.2. The molecule has 2 aromatic rings. The molecule has 0 aliphatic heterocycles. The van der Waals surface area contributed by atoms with Crippen LogP contribution in [0.3, 0.4) is 0 Å². The Morgan fingerprint density at radius 2 is 2.06 bits per heavy atom. The number of alkyl halides is 3. The number of halogens is 3. The third kappa shape index (κ3) is 2.26. The third-order valence-corrected chi connectivity index (χ3v) is 2.67. The number of benzene rings is 1. The Kier molecular flexibility index (Phi) is 2.82. The van der Waals surface area contributed by atoms with Crippen LogP contribution in [0.4, 0.5) is 13.2 Å². The van der Waals surface area contributed by atoms with Gasteiger partial charge in [0.2, 0.25) is 0 Å². The van der Waals surface area contributed by atoms with Gasteiger partial charge >= 0.3 is 6.18 Å². The fourth-order valence-corrected chi connectivity index (χ4v) is 1.55. The predicted molar refractivity (Wildman–Crippen MR) is 58.6 cm³/mol. The lowest BCUT2D eigenvalue weighted by Gasteiger charge is -2.05. The molecule has 1 heterocycles. The summed E-state index contributed by atoms with van der Waals surface area (Å²) in [5, 5.41) is 2.97. The van der Waals surface area contributed by atoms with Gasteiger partial charge in [-0.1, -0.05) is 0 Å². The molecule has 0 bridgehead atoms. The van der Waals surface area contributed by atoms with Crippen molar-refractivity contribution < 1.29 is 13.2 Å². The highest BCUT2D eigenvalue weighted by atomic mass is 19.4. The lowest BCUT2D eigenvalue weighted by molar-refractivity contribution is -0.137. The Balaban J connectivity index is 2.48. The van der Waals surface area contributed by atoms with Crippen LogP contribution in [0.1, 0.15) is 24.4 Å². The van der Waals surface area contributed by atoms with E-state index >= 15 is 0 Å². The van der Waals surface area contributed by atoms with Crippen LogP contribution >= 0.6 is 0 Å². The van der Waals surface area contributed by atoms with Crippen molar-refractivity contribution in [3.8, 4) is 0 Å². The van der Waals surface area contributed by atoms with Gasteiger partial charge in [0.15, 0.2) is 0 Å². The first-order valence-electron chi connectivity index (χ1n) is 5.16. The second-order valence-electron chi connectivity index (χ2n) is 3.86. The number of nitrogens with one attached hydrogen (secondary N) is 2. The van der Waals surface area contributed by atoms with Gasteiger partial charge in [0, 0.05) is 0 Å². The van der Waals surface area contributed by atoms with Crippen molar-refractivity contribution in [3.05, 3.63) is 29.6 Å². The minimum Gasteiger partial charge on any atom is -0.341 e. The van der Waals surface area contributed by atoms with E-state index in [0.29, 0.717) is 16.9 Å². The van der Waals surface area contributed by atoms with Crippen molar-refractivity contribution in [1.29, 1.82) is 0 Å². The topological polar surface area (TPSA) is 40.7 Å². The van der Waals surface area contributed by atoms with Gasteiger partial charge in [-0.3, -0.25) is 0 Å². The summed E-state index contributed by atoms with van der Waals surface area (Å²) in [7, 11) is 1.76. The van der Waals surface area contributed by atoms with Gasteiger partial charge in [-0.2, -0.15) is 13.2 Å². The molecule has 92 valence electrons. The molecular weight excluding hydrogens is 231 g/mol. The van der Waals surface area contributed by atoms with E-state index in [1.54, 1.807) is 7.05 Å². The minimum absolute atomic E-state index is 0.0308. The average molecular weight is 243 g/mol. The fourth-order valence-electron chi connectivity index (χ4n) is 1.55. The van der Waals surface area contributed by atoms with Gasteiger partial charge in [0.1, 0.15) is 5.82 Å². The van der Waals surface area contributed by atoms with Crippen LogP contribution in [0.15, 0.2) is 18.2 Å². The van der Waals surface area contributed by atoms with Gasteiger partial charge < -0.3 is 10.3 Å². The standard InChI is InChI=1S/C11H12F3N3/c1-6(15-2)10-16-8-4-3-7(11(12,13)14)5-9(8)17-10/h3-6,15H,1-2H3,(H,16,17). The molecule has 2 N–H and O–H groups in total. The van der Waals surface area contributed by atoms with Gasteiger partial charge in [0.25, 0.3) is 0 Å². The van der Waals surface area contributed by atoms with E-state index in [-0.39, 0.29) is 6.04 Å². The number of hydrogen-bond donors (Lipinski definition) is 2. The molecule has 17 heavy (non-hydrogen) atoms. The van der Waals surface area contributed by atoms with Gasteiger partial charge in [-0.15, -0.1) is 0 Å². The lowest BCUT2D eigenvalue weighted by Crippen LogP contribution is -2.13. The van der Waals surface area contributed by atoms with Gasteiger partial charge in [0.05, 0.1) is 22.6 Å². The summed E-state index contributed by atoms with van der Waals surface area (Å²) in [6, 6.07) is 3.46. The maximum Gasteiger partial charge on any atom is 0.416 e. The molecule has 0 saturated carbocycles. The molecule has 1 unspecified atom stereocenters. The first kappa shape index (κ1) is 11.9. The summed E-state index contributed by atoms with van der Waals surface area (Å²) in [6.45, 7) is 1.88. The Morgan fingerprint density at radius 1 is 1.35 bits per heavy atom. The van der Waals surface area contributed by atoms with Crippen LogP contribution in [0.2, 0.25) is 0 Å². The molecule has 1 atom stereocenters. The maximum atomic E-state index is 12.5. The number of nitrogens with zero attached hydrogens (tertiary/aromatic N) is 1. The average Bonchev–Trinajstić information content (AvgIpc) is 2.69. The number of fused-ring (bicyclic) bond motifs is 1. The predicted octanol–water partition coefficient (Wildman–Crippen LogP) is 2.86. The summed E-state index contributed by atoms with van der Waals surface area (Å²) in [5.74, 6) is 0.627. The highest BCUT2D eigenvalue weighted by Crippen LogP contribution is 2.31. The number of rotatable bonds is 2. The maximum absolute atomic E-state index is 12.5. The van der Waals surface area contributed by atoms with Crippen molar-refractivity contribution in [2.24, 2.45) is 0 Å². The van der Waals surface area contributed by atoms with Crippen molar-refractivity contribution >= 4 is 11.0 Å². The second kappa shape index (κ2) is 4.03. The van der Waals surface area contributed by atoms with Crippen molar-refractivity contribution in [2.45, 2.75) is 19.1 Å². The van der Waals surface area contributed by atoms with E-state index < -0.39 is 11.7 Å². The van der Waals surface area contributed by atoms with Crippen LogP contribution in [-0.2, 0) is 6.18 Å². The van der Waals surface area contributed by atoms with E-state index in [1.807, 2.05) is 6.92 Å². The molecule has 0 saturated heterocycles. The zero-order valence-corrected chi connectivity index (χ0v) is 9.39.